The molecule has 1 amide bonds. The third-order valence-corrected chi connectivity index (χ3v) is 8.98. The number of pyridine rings is 1. The first-order chi connectivity index (χ1) is 16.0. The van der Waals surface area contributed by atoms with Crippen molar-refractivity contribution >= 4 is 33.7 Å². The molecule has 2 N–H and O–H groups in total. The topological polar surface area (TPSA) is 133 Å². The van der Waals surface area contributed by atoms with E-state index in [9.17, 15) is 27.1 Å². The molecule has 176 valence electrons. The molecule has 34 heavy (non-hydrogen) atoms. The lowest BCUT2D eigenvalue weighted by Crippen LogP contribution is -2.63. The van der Waals surface area contributed by atoms with E-state index < -0.39 is 43.6 Å². The van der Waals surface area contributed by atoms with Crippen LogP contribution in [0.3, 0.4) is 0 Å². The maximum Gasteiger partial charge on any atom is 0.410 e. The number of hydrogen-bond donors (Lipinski definition) is 2. The molecule has 0 bridgehead atoms. The molecule has 1 aromatic carbocycles. The van der Waals surface area contributed by atoms with Crippen molar-refractivity contribution in [2.45, 2.75) is 36.5 Å². The number of aliphatic imine (C=N–C) groups is 1. The highest BCUT2D eigenvalue weighted by atomic mass is 32.2. The normalized spacial score (nSPS) is 22.9. The van der Waals surface area contributed by atoms with Crippen LogP contribution in [0.1, 0.15) is 48.6 Å². The summed E-state index contributed by atoms with van der Waals surface area (Å²) in [7, 11) is -3.89. The summed E-state index contributed by atoms with van der Waals surface area (Å²) in [5, 5.41) is 20.2. The molecule has 1 aromatic heterocycles. The minimum atomic E-state index is -3.89. The number of rotatable bonds is 3. The fourth-order valence-electron chi connectivity index (χ4n) is 4.33. The highest BCUT2D eigenvalue weighted by Crippen LogP contribution is 2.47. The predicted molar refractivity (Wildman–Crippen MR) is 121 cm³/mol. The highest BCUT2D eigenvalue weighted by molar-refractivity contribution is 7.93. The number of hydrogen-bond acceptors (Lipinski definition) is 6. The summed E-state index contributed by atoms with van der Waals surface area (Å²) < 4.78 is 54.7. The number of nitrogens with one attached hydrogen (secondary N) is 1. The van der Waals surface area contributed by atoms with Crippen molar-refractivity contribution < 1.29 is 27.1 Å². The van der Waals surface area contributed by atoms with Gasteiger partial charge in [-0.15, -0.1) is 0 Å². The van der Waals surface area contributed by atoms with Crippen molar-refractivity contribution in [3.05, 3.63) is 64.7 Å². The average molecular weight is 487 g/mol. The Morgan fingerprint density at radius 2 is 2.03 bits per heavy atom. The second-order valence-electron chi connectivity index (χ2n) is 8.55. The van der Waals surface area contributed by atoms with Crippen molar-refractivity contribution in [2.75, 3.05) is 5.75 Å². The molecule has 11 heteroatoms. The zero-order chi connectivity index (χ0) is 24.7. The Morgan fingerprint density at radius 3 is 2.59 bits per heavy atom. The SMILES string of the molecule is CC1(c2cc(/C=C(\F)c3ccc(C#N)cn3)ccc2F)CS(=O)(=O)C2(CCC2)C(NC(=O)O)=N1. The number of amidine groups is 1. The summed E-state index contributed by atoms with van der Waals surface area (Å²) in [6.07, 6.45) is 1.93. The summed E-state index contributed by atoms with van der Waals surface area (Å²) in [6, 6.07) is 8.30. The van der Waals surface area contributed by atoms with Gasteiger partial charge in [0.15, 0.2) is 9.84 Å². The molecule has 2 heterocycles. The van der Waals surface area contributed by atoms with Gasteiger partial charge >= 0.3 is 6.09 Å². The van der Waals surface area contributed by atoms with Crippen molar-refractivity contribution in [3.63, 3.8) is 0 Å². The summed E-state index contributed by atoms with van der Waals surface area (Å²) in [5.41, 5.74) is -1.28. The van der Waals surface area contributed by atoms with E-state index in [4.69, 9.17) is 5.26 Å². The van der Waals surface area contributed by atoms with Crippen LogP contribution in [0.15, 0.2) is 41.5 Å². The number of benzene rings is 1. The van der Waals surface area contributed by atoms with Gasteiger partial charge in [-0.2, -0.15) is 5.26 Å². The third kappa shape index (κ3) is 3.94. The van der Waals surface area contributed by atoms with Gasteiger partial charge in [-0.25, -0.2) is 22.0 Å². The quantitative estimate of drug-likeness (QED) is 0.678. The van der Waals surface area contributed by atoms with Crippen LogP contribution in [0.25, 0.3) is 11.9 Å². The number of amides is 1. The van der Waals surface area contributed by atoms with E-state index in [0.29, 0.717) is 6.42 Å². The van der Waals surface area contributed by atoms with Gasteiger partial charge in [-0.05, 0) is 62.1 Å². The standard InChI is InChI=1S/C23H20F2N4O4S/c1-22(13-34(32,33)23(7-2-8-23)20(29-22)28-21(30)31)16-9-14(3-5-17(16)24)10-18(25)19-6-4-15(11-26)12-27-19/h3-6,9-10,12H,2,7-8,13H2,1H3,(H,28,29)(H,30,31)/b18-10-. The number of carbonyl (C=O) groups is 1. The van der Waals surface area contributed by atoms with Crippen LogP contribution in [0.2, 0.25) is 0 Å². The maximum absolute atomic E-state index is 14.9. The summed E-state index contributed by atoms with van der Waals surface area (Å²) in [4.78, 5) is 19.6. The lowest BCUT2D eigenvalue weighted by Gasteiger charge is -2.47. The lowest BCUT2D eigenvalue weighted by atomic mass is 9.81. The molecule has 1 unspecified atom stereocenters. The largest absolute Gasteiger partial charge is 0.465 e. The van der Waals surface area contributed by atoms with Crippen LogP contribution in [-0.2, 0) is 15.4 Å². The Kier molecular flexibility index (Phi) is 5.73. The zero-order valence-corrected chi connectivity index (χ0v) is 18.9. The second kappa shape index (κ2) is 8.29. The molecule has 0 saturated heterocycles. The molecule has 1 atom stereocenters. The molecule has 1 aliphatic heterocycles. The Morgan fingerprint density at radius 1 is 1.29 bits per heavy atom. The molecule has 2 aliphatic rings. The van der Waals surface area contributed by atoms with Gasteiger partial charge in [-0.3, -0.25) is 15.3 Å². The number of carboxylic acid groups (broad SMARTS) is 1. The minimum absolute atomic E-state index is 0.0331. The van der Waals surface area contributed by atoms with Crippen molar-refractivity contribution in [1.82, 2.24) is 10.3 Å². The molecule has 1 aliphatic carbocycles. The van der Waals surface area contributed by atoms with Crippen molar-refractivity contribution in [2.24, 2.45) is 4.99 Å². The summed E-state index contributed by atoms with van der Waals surface area (Å²) in [5.74, 6) is -2.23. The van der Waals surface area contributed by atoms with E-state index in [0.717, 1.165) is 12.1 Å². The van der Waals surface area contributed by atoms with E-state index in [1.807, 2.05) is 6.07 Å². The molecule has 1 fully saturated rings. The number of halogens is 2. The van der Waals surface area contributed by atoms with Crippen LogP contribution >= 0.6 is 0 Å². The van der Waals surface area contributed by atoms with E-state index in [-0.39, 0.29) is 41.1 Å². The van der Waals surface area contributed by atoms with Gasteiger partial charge in [0.2, 0.25) is 0 Å². The summed E-state index contributed by atoms with van der Waals surface area (Å²) >= 11 is 0. The smallest absolute Gasteiger partial charge is 0.410 e. The Bertz CT molecular complexity index is 1380. The van der Waals surface area contributed by atoms with Crippen molar-refractivity contribution in [3.8, 4) is 6.07 Å². The number of nitriles is 1. The average Bonchev–Trinajstić information content (AvgIpc) is 2.72. The number of aromatic nitrogens is 1. The lowest BCUT2D eigenvalue weighted by molar-refractivity contribution is 0.199. The first-order valence-corrected chi connectivity index (χ1v) is 12.0. The maximum atomic E-state index is 14.9. The van der Waals surface area contributed by atoms with Crippen LogP contribution in [-0.4, -0.2) is 40.9 Å². The van der Waals surface area contributed by atoms with Crippen molar-refractivity contribution in [1.29, 1.82) is 5.26 Å². The van der Waals surface area contributed by atoms with Gasteiger partial charge in [0.25, 0.3) is 0 Å². The molecule has 8 nitrogen and oxygen atoms in total. The Labute approximate surface area is 194 Å². The third-order valence-electron chi connectivity index (χ3n) is 6.24. The van der Waals surface area contributed by atoms with E-state index >= 15 is 0 Å². The van der Waals surface area contributed by atoms with Gasteiger partial charge in [0.1, 0.15) is 33.8 Å². The Hall–Kier alpha value is -3.65. The molecule has 0 radical (unpaired) electrons. The van der Waals surface area contributed by atoms with Crippen LogP contribution in [0.5, 0.6) is 0 Å². The highest BCUT2D eigenvalue weighted by Gasteiger charge is 2.59. The number of nitrogens with zero attached hydrogens (tertiary/aromatic N) is 3. The summed E-state index contributed by atoms with van der Waals surface area (Å²) in [6.45, 7) is 1.41. The van der Waals surface area contributed by atoms with E-state index in [2.05, 4.69) is 15.3 Å². The first-order valence-electron chi connectivity index (χ1n) is 10.4. The van der Waals surface area contributed by atoms with Crippen LogP contribution < -0.4 is 5.32 Å². The van der Waals surface area contributed by atoms with Gasteiger partial charge in [0.05, 0.1) is 17.0 Å². The fraction of sp³-hybridized carbons (Fsp3) is 0.304. The van der Waals surface area contributed by atoms with Crippen LogP contribution in [0.4, 0.5) is 13.6 Å². The first kappa shape index (κ1) is 23.5. The zero-order valence-electron chi connectivity index (χ0n) is 18.0. The molecule has 4 rings (SSSR count). The Balaban J connectivity index is 1.78. The van der Waals surface area contributed by atoms with Gasteiger partial charge < -0.3 is 5.11 Å². The molecule has 1 spiro atoms. The van der Waals surface area contributed by atoms with Crippen LogP contribution in [0, 0.1) is 17.1 Å². The van der Waals surface area contributed by atoms with Gasteiger partial charge in [-0.1, -0.05) is 6.07 Å². The molecule has 1 saturated carbocycles. The van der Waals surface area contributed by atoms with E-state index in [1.54, 1.807) is 0 Å². The minimum Gasteiger partial charge on any atom is -0.465 e. The second-order valence-corrected chi connectivity index (χ2v) is 10.8. The van der Waals surface area contributed by atoms with Gasteiger partial charge in [0, 0.05) is 11.8 Å². The van der Waals surface area contributed by atoms with E-state index in [1.165, 1.54) is 37.4 Å². The predicted octanol–water partition coefficient (Wildman–Crippen LogP) is 3.79. The number of sulfone groups is 1. The molecule has 2 aromatic rings. The monoisotopic (exact) mass is 486 g/mol. The molecular weight excluding hydrogens is 466 g/mol. The molecular formula is C23H20F2N4O4S. The fourth-order valence-corrected chi connectivity index (χ4v) is 6.87.